The molecule has 0 unspecified atom stereocenters. The van der Waals surface area contributed by atoms with Crippen LogP contribution in [0.4, 0.5) is 23.2 Å². The molecular formula is C6H6BF4KN2. The molecule has 1 heterocycles. The van der Waals surface area contributed by atoms with E-state index in [1.807, 2.05) is 0 Å². The molecule has 1 aromatic rings. The summed E-state index contributed by atoms with van der Waals surface area (Å²) in [4.78, 5) is 3.08. The smallest absolute Gasteiger partial charge is 0.445 e. The predicted molar refractivity (Wildman–Crippen MR) is 42.5 cm³/mol. The first-order valence-electron chi connectivity index (χ1n) is 3.49. The summed E-state index contributed by atoms with van der Waals surface area (Å²) in [5, 5.41) is 2.43. The van der Waals surface area contributed by atoms with Crippen LogP contribution in [-0.2, 0) is 0 Å². The van der Waals surface area contributed by atoms with Crippen molar-refractivity contribution in [2.45, 2.75) is 0 Å². The van der Waals surface area contributed by atoms with E-state index in [1.54, 1.807) is 0 Å². The first-order chi connectivity index (χ1) is 5.95. The van der Waals surface area contributed by atoms with E-state index in [1.165, 1.54) is 7.05 Å². The van der Waals surface area contributed by atoms with Crippen molar-refractivity contribution in [2.24, 2.45) is 0 Å². The Bertz CT molecular complexity index is 317. The molecular weight excluding hydrogens is 226 g/mol. The zero-order valence-corrected chi connectivity index (χ0v) is 10.8. The minimum atomic E-state index is -5.32. The number of pyridine rings is 1. The van der Waals surface area contributed by atoms with Crippen LogP contribution in [0.2, 0.25) is 0 Å². The van der Waals surface area contributed by atoms with Crippen LogP contribution in [0.3, 0.4) is 0 Å². The van der Waals surface area contributed by atoms with Crippen molar-refractivity contribution in [3.05, 3.63) is 18.1 Å². The third-order valence-electron chi connectivity index (χ3n) is 1.49. The number of rotatable bonds is 2. The van der Waals surface area contributed by atoms with E-state index in [-0.39, 0.29) is 57.2 Å². The van der Waals surface area contributed by atoms with Crippen molar-refractivity contribution >= 4 is 18.3 Å². The van der Waals surface area contributed by atoms with Crippen LogP contribution in [0.1, 0.15) is 0 Å². The fourth-order valence-corrected chi connectivity index (χ4v) is 0.828. The molecule has 0 aromatic carbocycles. The molecule has 0 spiro atoms. The Hall–Kier alpha value is 0.371. The van der Waals surface area contributed by atoms with E-state index in [2.05, 4.69) is 10.3 Å². The van der Waals surface area contributed by atoms with Crippen molar-refractivity contribution in [3.63, 3.8) is 0 Å². The van der Waals surface area contributed by atoms with Gasteiger partial charge >= 0.3 is 58.4 Å². The molecule has 0 aliphatic heterocycles. The maximum atomic E-state index is 12.7. The Labute approximate surface area is 121 Å². The van der Waals surface area contributed by atoms with Gasteiger partial charge in [0.25, 0.3) is 0 Å². The van der Waals surface area contributed by atoms with Gasteiger partial charge in [0.2, 0.25) is 0 Å². The molecule has 0 aliphatic rings. The maximum absolute atomic E-state index is 12.7. The number of hydrogen-bond acceptors (Lipinski definition) is 2. The summed E-state index contributed by atoms with van der Waals surface area (Å²) in [6.07, 6.45) is 0. The molecule has 1 aromatic heterocycles. The minimum absolute atomic E-state index is 0. The largest absolute Gasteiger partial charge is 1.00 e. The Kier molecular flexibility index (Phi) is 5.60. The molecule has 1 rings (SSSR count). The van der Waals surface area contributed by atoms with Crippen LogP contribution >= 0.6 is 0 Å². The van der Waals surface area contributed by atoms with Gasteiger partial charge in [-0.05, 0) is 6.07 Å². The molecule has 0 saturated carbocycles. The fraction of sp³-hybridized carbons (Fsp3) is 0.167. The normalized spacial score (nSPS) is 10.6. The molecule has 0 amide bonds. The van der Waals surface area contributed by atoms with Gasteiger partial charge in [-0.3, -0.25) is 0 Å². The zero-order valence-electron chi connectivity index (χ0n) is 7.69. The maximum Gasteiger partial charge on any atom is 1.00 e. The molecule has 0 atom stereocenters. The van der Waals surface area contributed by atoms with Crippen LogP contribution < -0.4 is 62.2 Å². The SMILES string of the molecule is CNc1ccc([B-](F)(F)F)c(F)n1.[K+]. The molecule has 0 fully saturated rings. The van der Waals surface area contributed by atoms with Crippen LogP contribution in [-0.4, -0.2) is 19.0 Å². The number of hydrogen-bond donors (Lipinski definition) is 1. The molecule has 0 saturated heterocycles. The molecule has 0 aliphatic carbocycles. The van der Waals surface area contributed by atoms with Gasteiger partial charge in [0.05, 0.1) is 0 Å². The number of nitrogens with zero attached hydrogens (tertiary/aromatic N) is 1. The van der Waals surface area contributed by atoms with Crippen LogP contribution in [0.15, 0.2) is 12.1 Å². The Morgan fingerprint density at radius 3 is 2.21 bits per heavy atom. The molecule has 1 N–H and O–H groups in total. The number of halogens is 4. The van der Waals surface area contributed by atoms with Gasteiger partial charge in [0.15, 0.2) is 5.95 Å². The second kappa shape index (κ2) is 5.45. The first-order valence-corrected chi connectivity index (χ1v) is 3.49. The van der Waals surface area contributed by atoms with E-state index in [0.29, 0.717) is 6.07 Å². The minimum Gasteiger partial charge on any atom is -0.445 e. The van der Waals surface area contributed by atoms with Gasteiger partial charge in [-0.15, -0.1) is 0 Å². The summed E-state index contributed by atoms with van der Waals surface area (Å²) in [5.74, 6) is -1.42. The second-order valence-electron chi connectivity index (χ2n) is 2.40. The van der Waals surface area contributed by atoms with Gasteiger partial charge in [-0.25, -0.2) is 4.98 Å². The molecule has 2 nitrogen and oxygen atoms in total. The zero-order chi connectivity index (χ0) is 10.1. The monoisotopic (exact) mass is 232 g/mol. The van der Waals surface area contributed by atoms with Gasteiger partial charge in [-0.1, -0.05) is 11.5 Å². The van der Waals surface area contributed by atoms with Crippen molar-refractivity contribution < 1.29 is 68.7 Å². The summed E-state index contributed by atoms with van der Waals surface area (Å²) in [6, 6.07) is 1.75. The summed E-state index contributed by atoms with van der Waals surface area (Å²) in [5.41, 5.74) is -1.29. The summed E-state index contributed by atoms with van der Waals surface area (Å²) in [7, 11) is 1.44. The van der Waals surface area contributed by atoms with Gasteiger partial charge in [0, 0.05) is 7.05 Å². The van der Waals surface area contributed by atoms with E-state index in [4.69, 9.17) is 0 Å². The van der Waals surface area contributed by atoms with E-state index in [0.717, 1.165) is 6.07 Å². The molecule has 72 valence electrons. The Balaban J connectivity index is 0.00000169. The average Bonchev–Trinajstić information content (AvgIpc) is 2.01. The Morgan fingerprint density at radius 2 is 1.86 bits per heavy atom. The molecule has 0 bridgehead atoms. The van der Waals surface area contributed by atoms with Gasteiger partial charge in [-0.2, -0.15) is 4.39 Å². The fourth-order valence-electron chi connectivity index (χ4n) is 0.828. The molecule has 0 radical (unpaired) electrons. The number of aromatic nitrogens is 1. The van der Waals surface area contributed by atoms with Crippen molar-refractivity contribution in [1.82, 2.24) is 4.98 Å². The quantitative estimate of drug-likeness (QED) is 0.374. The van der Waals surface area contributed by atoms with E-state index in [9.17, 15) is 17.3 Å². The van der Waals surface area contributed by atoms with Gasteiger partial charge < -0.3 is 18.3 Å². The van der Waals surface area contributed by atoms with Crippen LogP contribution in [0.25, 0.3) is 0 Å². The average molecular weight is 232 g/mol. The van der Waals surface area contributed by atoms with E-state index >= 15 is 0 Å². The topological polar surface area (TPSA) is 24.9 Å². The summed E-state index contributed by atoms with van der Waals surface area (Å²) in [6.45, 7) is -5.32. The second-order valence-corrected chi connectivity index (χ2v) is 2.40. The number of anilines is 1. The summed E-state index contributed by atoms with van der Waals surface area (Å²) < 4.78 is 48.8. The van der Waals surface area contributed by atoms with Crippen molar-refractivity contribution in [1.29, 1.82) is 0 Å². The first kappa shape index (κ1) is 14.4. The van der Waals surface area contributed by atoms with E-state index < -0.39 is 18.4 Å². The number of nitrogens with one attached hydrogen (secondary N) is 1. The molecule has 14 heavy (non-hydrogen) atoms. The third kappa shape index (κ3) is 3.50. The van der Waals surface area contributed by atoms with Gasteiger partial charge in [0.1, 0.15) is 5.82 Å². The van der Waals surface area contributed by atoms with Crippen molar-refractivity contribution in [2.75, 3.05) is 12.4 Å². The standard InChI is InChI=1S/C6H6BF4N2.K/c1-12-5-3-2-4(6(8)13-5)7(9,10)11;/h2-3H,1H3,(H,12,13);/q-1;+1. The van der Waals surface area contributed by atoms with Crippen molar-refractivity contribution in [3.8, 4) is 0 Å². The molecule has 8 heteroatoms. The third-order valence-corrected chi connectivity index (χ3v) is 1.49. The van der Waals surface area contributed by atoms with Crippen LogP contribution in [0.5, 0.6) is 0 Å². The predicted octanol–water partition coefficient (Wildman–Crippen LogP) is -1.68. The van der Waals surface area contributed by atoms with Crippen LogP contribution in [0, 0.1) is 5.95 Å². The Morgan fingerprint density at radius 1 is 1.29 bits per heavy atom. The summed E-state index contributed by atoms with van der Waals surface area (Å²) >= 11 is 0.